The van der Waals surface area contributed by atoms with E-state index in [-0.39, 0.29) is 12.2 Å². The molecule has 112 valence electrons. The van der Waals surface area contributed by atoms with Crippen LogP contribution in [0.1, 0.15) is 21.1 Å². The maximum Gasteiger partial charge on any atom is 0.204 e. The third-order valence-corrected chi connectivity index (χ3v) is 3.95. The molecule has 0 radical (unpaired) electrons. The minimum absolute atomic E-state index is 0.0675. The molecular weight excluding hydrogens is 290 g/mol. The number of Topliss-reactive ketones (excluding diaryl/α,β-unsaturated/α-hetero) is 1. The van der Waals surface area contributed by atoms with Gasteiger partial charge in [-0.3, -0.25) is 4.79 Å². The number of rotatable bonds is 6. The van der Waals surface area contributed by atoms with Gasteiger partial charge in [-0.05, 0) is 19.1 Å². The molecule has 2 rings (SSSR count). The summed E-state index contributed by atoms with van der Waals surface area (Å²) in [5.41, 5.74) is 1.38. The number of methoxy groups -OCH3 is 3. The second kappa shape index (κ2) is 6.58. The van der Waals surface area contributed by atoms with Crippen molar-refractivity contribution < 1.29 is 19.0 Å². The van der Waals surface area contributed by atoms with E-state index in [0.717, 1.165) is 10.7 Å². The van der Waals surface area contributed by atoms with E-state index in [2.05, 4.69) is 4.98 Å². The van der Waals surface area contributed by atoms with E-state index in [1.807, 2.05) is 12.3 Å². The Kier molecular flexibility index (Phi) is 4.80. The normalized spacial score (nSPS) is 10.3. The zero-order chi connectivity index (χ0) is 15.4. The van der Waals surface area contributed by atoms with Gasteiger partial charge in [-0.1, -0.05) is 0 Å². The Hall–Kier alpha value is -2.08. The summed E-state index contributed by atoms with van der Waals surface area (Å²) < 4.78 is 15.8. The maximum absolute atomic E-state index is 12.5. The molecule has 0 fully saturated rings. The molecule has 2 aromatic rings. The zero-order valence-corrected chi connectivity index (χ0v) is 13.2. The molecule has 0 bridgehead atoms. The highest BCUT2D eigenvalue weighted by atomic mass is 32.1. The Morgan fingerprint density at radius 3 is 2.38 bits per heavy atom. The minimum atomic E-state index is -0.0675. The van der Waals surface area contributed by atoms with Crippen LogP contribution in [0.25, 0.3) is 0 Å². The number of hydrogen-bond donors (Lipinski definition) is 0. The van der Waals surface area contributed by atoms with E-state index in [9.17, 15) is 4.79 Å². The smallest absolute Gasteiger partial charge is 0.204 e. The first-order chi connectivity index (χ1) is 10.1. The van der Waals surface area contributed by atoms with Gasteiger partial charge in [0.1, 0.15) is 5.01 Å². The number of ether oxygens (including phenoxy) is 3. The van der Waals surface area contributed by atoms with Crippen molar-refractivity contribution in [3.8, 4) is 17.2 Å². The van der Waals surface area contributed by atoms with Crippen molar-refractivity contribution in [3.63, 3.8) is 0 Å². The Labute approximate surface area is 127 Å². The van der Waals surface area contributed by atoms with E-state index in [4.69, 9.17) is 14.2 Å². The van der Waals surface area contributed by atoms with Crippen molar-refractivity contribution in [2.75, 3.05) is 21.3 Å². The molecule has 1 aromatic heterocycles. The van der Waals surface area contributed by atoms with Crippen LogP contribution in [0.4, 0.5) is 0 Å². The monoisotopic (exact) mass is 307 g/mol. The van der Waals surface area contributed by atoms with Crippen LogP contribution in [0.5, 0.6) is 17.2 Å². The van der Waals surface area contributed by atoms with Gasteiger partial charge in [-0.25, -0.2) is 4.98 Å². The molecule has 0 aliphatic heterocycles. The fourth-order valence-electron chi connectivity index (χ4n) is 2.04. The summed E-state index contributed by atoms with van der Waals surface area (Å²) in [4.78, 5) is 16.8. The van der Waals surface area contributed by atoms with Crippen molar-refractivity contribution in [3.05, 3.63) is 33.8 Å². The van der Waals surface area contributed by atoms with Crippen LogP contribution in [-0.2, 0) is 6.42 Å². The first-order valence-electron chi connectivity index (χ1n) is 6.33. The van der Waals surface area contributed by atoms with Crippen LogP contribution in [-0.4, -0.2) is 32.1 Å². The van der Waals surface area contributed by atoms with Crippen molar-refractivity contribution >= 4 is 17.1 Å². The largest absolute Gasteiger partial charge is 0.493 e. The minimum Gasteiger partial charge on any atom is -0.493 e. The molecule has 1 aromatic carbocycles. The van der Waals surface area contributed by atoms with E-state index >= 15 is 0 Å². The van der Waals surface area contributed by atoms with Gasteiger partial charge < -0.3 is 14.2 Å². The van der Waals surface area contributed by atoms with Gasteiger partial charge in [0.2, 0.25) is 5.75 Å². The average molecular weight is 307 g/mol. The van der Waals surface area contributed by atoms with E-state index in [0.29, 0.717) is 22.8 Å². The van der Waals surface area contributed by atoms with Crippen molar-refractivity contribution in [2.45, 2.75) is 13.3 Å². The number of aromatic nitrogens is 1. The fourth-order valence-corrected chi connectivity index (χ4v) is 2.81. The van der Waals surface area contributed by atoms with E-state index in [1.165, 1.54) is 32.7 Å². The van der Waals surface area contributed by atoms with Crippen molar-refractivity contribution in [1.29, 1.82) is 0 Å². The summed E-state index contributed by atoms with van der Waals surface area (Å²) in [6.07, 6.45) is 0.240. The quantitative estimate of drug-likeness (QED) is 0.768. The van der Waals surface area contributed by atoms with Crippen LogP contribution in [0.15, 0.2) is 17.5 Å². The molecule has 0 atom stereocenters. The van der Waals surface area contributed by atoms with Crippen LogP contribution in [0.2, 0.25) is 0 Å². The molecule has 0 aliphatic carbocycles. The van der Waals surface area contributed by atoms with Crippen LogP contribution in [0.3, 0.4) is 0 Å². The zero-order valence-electron chi connectivity index (χ0n) is 12.4. The summed E-state index contributed by atoms with van der Waals surface area (Å²) >= 11 is 1.47. The highest BCUT2D eigenvalue weighted by Gasteiger charge is 2.21. The fraction of sp³-hybridized carbons (Fsp3) is 0.333. The first kappa shape index (κ1) is 15.3. The predicted molar refractivity (Wildman–Crippen MR) is 81.0 cm³/mol. The van der Waals surface area contributed by atoms with E-state index in [1.54, 1.807) is 12.1 Å². The summed E-state index contributed by atoms with van der Waals surface area (Å²) in [5, 5.41) is 2.71. The topological polar surface area (TPSA) is 57.7 Å². The Balaban J connectivity index is 2.36. The predicted octanol–water partition coefficient (Wildman–Crippen LogP) is 2.90. The summed E-state index contributed by atoms with van der Waals surface area (Å²) in [5.74, 6) is 1.26. The maximum atomic E-state index is 12.5. The molecule has 21 heavy (non-hydrogen) atoms. The highest BCUT2D eigenvalue weighted by molar-refractivity contribution is 7.09. The van der Waals surface area contributed by atoms with Gasteiger partial charge in [0.05, 0.1) is 33.3 Å². The lowest BCUT2D eigenvalue weighted by Gasteiger charge is -2.14. The molecule has 0 spiro atoms. The average Bonchev–Trinajstić information content (AvgIpc) is 2.90. The number of carbonyl (C=O) groups is 1. The van der Waals surface area contributed by atoms with Gasteiger partial charge in [0.15, 0.2) is 17.3 Å². The Morgan fingerprint density at radius 1 is 1.14 bits per heavy atom. The van der Waals surface area contributed by atoms with Crippen LogP contribution < -0.4 is 14.2 Å². The van der Waals surface area contributed by atoms with Crippen LogP contribution >= 0.6 is 11.3 Å². The Morgan fingerprint density at radius 2 is 1.86 bits per heavy atom. The summed E-state index contributed by atoms with van der Waals surface area (Å²) in [6, 6.07) is 3.38. The number of thiazole rings is 1. The van der Waals surface area contributed by atoms with Gasteiger partial charge >= 0.3 is 0 Å². The van der Waals surface area contributed by atoms with Gasteiger partial charge in [0.25, 0.3) is 0 Å². The molecule has 5 nitrogen and oxygen atoms in total. The number of ketones is 1. The van der Waals surface area contributed by atoms with Gasteiger partial charge in [0, 0.05) is 11.1 Å². The van der Waals surface area contributed by atoms with Gasteiger partial charge in [-0.15, -0.1) is 11.3 Å². The molecule has 0 saturated heterocycles. The third kappa shape index (κ3) is 3.16. The molecule has 0 aliphatic rings. The second-order valence-corrected chi connectivity index (χ2v) is 5.31. The number of carbonyl (C=O) groups excluding carboxylic acids is 1. The SMILES string of the molecule is COc1ccc(C(=O)Cc2nc(C)cs2)c(OC)c1OC. The molecule has 6 heteroatoms. The standard InChI is InChI=1S/C15H17NO4S/c1-9-8-21-13(16-9)7-11(17)10-5-6-12(18-2)15(20-4)14(10)19-3/h5-6,8H,7H2,1-4H3. The lowest BCUT2D eigenvalue weighted by atomic mass is 10.1. The molecular formula is C15H17NO4S. The lowest BCUT2D eigenvalue weighted by molar-refractivity contribution is 0.0989. The number of nitrogens with zero attached hydrogens (tertiary/aromatic N) is 1. The van der Waals surface area contributed by atoms with Gasteiger partial charge in [-0.2, -0.15) is 0 Å². The summed E-state index contributed by atoms with van der Waals surface area (Å²) in [7, 11) is 4.55. The second-order valence-electron chi connectivity index (χ2n) is 4.36. The van der Waals surface area contributed by atoms with Crippen molar-refractivity contribution in [1.82, 2.24) is 4.98 Å². The number of aryl methyl sites for hydroxylation is 1. The highest BCUT2D eigenvalue weighted by Crippen LogP contribution is 2.40. The van der Waals surface area contributed by atoms with Crippen molar-refractivity contribution in [2.24, 2.45) is 0 Å². The first-order valence-corrected chi connectivity index (χ1v) is 7.21. The molecule has 0 saturated carbocycles. The lowest BCUT2D eigenvalue weighted by Crippen LogP contribution is -2.07. The molecule has 0 unspecified atom stereocenters. The Bertz CT molecular complexity index is 651. The third-order valence-electron chi connectivity index (χ3n) is 2.98. The van der Waals surface area contributed by atoms with E-state index < -0.39 is 0 Å². The molecule has 1 heterocycles. The number of hydrogen-bond acceptors (Lipinski definition) is 6. The molecule has 0 N–H and O–H groups in total. The van der Waals surface area contributed by atoms with Crippen LogP contribution in [0, 0.1) is 6.92 Å². The number of benzene rings is 1. The molecule has 0 amide bonds. The summed E-state index contributed by atoms with van der Waals surface area (Å²) in [6.45, 7) is 1.90.